The second kappa shape index (κ2) is 8.68. The predicted molar refractivity (Wildman–Crippen MR) is 91.2 cm³/mol. The third-order valence-electron chi connectivity index (χ3n) is 3.06. The van der Waals surface area contributed by atoms with Gasteiger partial charge in [0.2, 0.25) is 5.88 Å². The molecule has 0 saturated heterocycles. The number of carbonyl (C=O) groups is 1. The van der Waals surface area contributed by atoms with Gasteiger partial charge in [-0.25, -0.2) is 4.79 Å². The van der Waals surface area contributed by atoms with E-state index in [0.29, 0.717) is 23.2 Å². The van der Waals surface area contributed by atoms with Gasteiger partial charge in [-0.2, -0.15) is 0 Å². The minimum Gasteiger partial charge on any atom is -0.503 e. The van der Waals surface area contributed by atoms with Crippen LogP contribution in [0.25, 0.3) is 0 Å². The lowest BCUT2D eigenvalue weighted by Crippen LogP contribution is -2.08. The van der Waals surface area contributed by atoms with Crippen molar-refractivity contribution in [3.05, 3.63) is 54.0 Å². The lowest BCUT2D eigenvalue weighted by atomic mass is 10.0. The fourth-order valence-electron chi connectivity index (χ4n) is 1.96. The Hall–Kier alpha value is -2.70. The predicted octanol–water partition coefficient (Wildman–Crippen LogP) is 0.609. The molecule has 0 amide bonds. The number of nitrogens with zero attached hydrogens (tertiary/aromatic N) is 2. The number of hydrogen-bond donors (Lipinski definition) is 1. The first-order valence-electron chi connectivity index (χ1n) is 6.97. The van der Waals surface area contributed by atoms with Crippen LogP contribution in [0, 0.1) is 0 Å². The van der Waals surface area contributed by atoms with Crippen LogP contribution in [0.15, 0.2) is 54.0 Å². The van der Waals surface area contributed by atoms with Crippen molar-refractivity contribution in [1.82, 2.24) is 9.78 Å². The molecule has 0 aliphatic rings. The van der Waals surface area contributed by atoms with E-state index in [-0.39, 0.29) is 5.88 Å². The summed E-state index contributed by atoms with van der Waals surface area (Å²) in [5.41, 5.74) is 2.55. The van der Waals surface area contributed by atoms with Crippen LogP contribution >= 0.6 is 0 Å². The van der Waals surface area contributed by atoms with Crippen molar-refractivity contribution in [2.45, 2.75) is 13.5 Å². The average molecular weight is 316 g/mol. The number of hydrogen-bond acceptors (Lipinski definition) is 5. The van der Waals surface area contributed by atoms with Gasteiger partial charge in [-0.3, -0.25) is 4.68 Å². The molecule has 1 aromatic heterocycles. The Bertz CT molecular complexity index is 652. The molecule has 1 rings (SSSR count). The van der Waals surface area contributed by atoms with E-state index < -0.39 is 5.97 Å². The van der Waals surface area contributed by atoms with E-state index in [4.69, 9.17) is 9.47 Å². The van der Waals surface area contributed by atoms with Crippen LogP contribution in [0.2, 0.25) is 0 Å². The molecule has 0 atom stereocenters. The Morgan fingerprint density at radius 1 is 1.52 bits per heavy atom. The maximum Gasteiger partial charge on any atom is 0.341 e. The van der Waals surface area contributed by atoms with Crippen molar-refractivity contribution in [2.24, 2.45) is 0 Å². The summed E-state index contributed by atoms with van der Waals surface area (Å²) in [6.07, 6.45) is 8.35. The molecular formula is C16H21BN2O4. The topological polar surface area (TPSA) is 73.6 Å². The summed E-state index contributed by atoms with van der Waals surface area (Å²) in [5, 5.41) is 13.6. The number of aromatic nitrogens is 2. The second-order valence-electron chi connectivity index (χ2n) is 4.90. The smallest absolute Gasteiger partial charge is 0.341 e. The van der Waals surface area contributed by atoms with Gasteiger partial charge in [0.1, 0.15) is 7.85 Å². The molecule has 0 aliphatic carbocycles. The zero-order chi connectivity index (χ0) is 17.4. The molecule has 1 aromatic rings. The fourth-order valence-corrected chi connectivity index (χ4v) is 1.96. The van der Waals surface area contributed by atoms with E-state index in [1.807, 2.05) is 6.08 Å². The summed E-state index contributed by atoms with van der Waals surface area (Å²) in [6, 6.07) is 0. The third kappa shape index (κ3) is 5.21. The van der Waals surface area contributed by atoms with E-state index in [1.54, 1.807) is 37.8 Å². The molecule has 0 unspecified atom stereocenters. The first-order valence-corrected chi connectivity index (χ1v) is 6.97. The van der Waals surface area contributed by atoms with Gasteiger partial charge >= 0.3 is 5.97 Å². The average Bonchev–Trinajstić information content (AvgIpc) is 2.82. The molecule has 7 heteroatoms. The number of methoxy groups -OCH3 is 2. The monoisotopic (exact) mass is 316 g/mol. The van der Waals surface area contributed by atoms with Gasteiger partial charge < -0.3 is 14.6 Å². The van der Waals surface area contributed by atoms with Crippen LogP contribution in [-0.4, -0.2) is 42.9 Å². The Labute approximate surface area is 136 Å². The standard InChI is InChI=1S/C16H21BN2O4/c1-5-6-12(8-19-9-14(17)15(20)18-19)7-11(2)13(10-22-3)16(21)23-4/h5-7,9-10H,1,8,17H2,2-4H3,(H,18,20)/b11-7+,12-6+,13-10+. The van der Waals surface area contributed by atoms with Gasteiger partial charge in [-0.15, -0.1) is 5.10 Å². The first-order chi connectivity index (χ1) is 10.9. The van der Waals surface area contributed by atoms with Crippen LogP contribution in [-0.2, 0) is 20.8 Å². The highest BCUT2D eigenvalue weighted by molar-refractivity contribution is 6.33. The van der Waals surface area contributed by atoms with Crippen LogP contribution < -0.4 is 5.46 Å². The van der Waals surface area contributed by atoms with Gasteiger partial charge in [-0.1, -0.05) is 24.8 Å². The molecule has 0 aliphatic heterocycles. The maximum atomic E-state index is 11.8. The number of carbonyl (C=O) groups excluding carboxylic acids is 1. The van der Waals surface area contributed by atoms with Crippen molar-refractivity contribution in [3.8, 4) is 5.88 Å². The normalized spacial score (nSPS) is 12.9. The summed E-state index contributed by atoms with van der Waals surface area (Å²) in [7, 11) is 4.55. The Morgan fingerprint density at radius 3 is 2.70 bits per heavy atom. The molecule has 23 heavy (non-hydrogen) atoms. The number of allylic oxidation sites excluding steroid dienone is 4. The van der Waals surface area contributed by atoms with Crippen molar-refractivity contribution in [2.75, 3.05) is 14.2 Å². The highest BCUT2D eigenvalue weighted by atomic mass is 16.5. The molecule has 0 spiro atoms. The van der Waals surface area contributed by atoms with E-state index >= 15 is 0 Å². The summed E-state index contributed by atoms with van der Waals surface area (Å²) in [6.45, 7) is 5.89. The summed E-state index contributed by atoms with van der Waals surface area (Å²) in [4.78, 5) is 11.8. The molecule has 122 valence electrons. The van der Waals surface area contributed by atoms with E-state index in [1.165, 1.54) is 20.5 Å². The van der Waals surface area contributed by atoms with Crippen molar-refractivity contribution >= 4 is 19.3 Å². The Balaban J connectivity index is 3.10. The molecule has 0 saturated carbocycles. The lowest BCUT2D eigenvalue weighted by molar-refractivity contribution is -0.135. The Morgan fingerprint density at radius 2 is 2.22 bits per heavy atom. The summed E-state index contributed by atoms with van der Waals surface area (Å²) in [5.74, 6) is -0.482. The van der Waals surface area contributed by atoms with Crippen molar-refractivity contribution < 1.29 is 19.4 Å². The summed E-state index contributed by atoms with van der Waals surface area (Å²) >= 11 is 0. The third-order valence-corrected chi connectivity index (χ3v) is 3.06. The van der Waals surface area contributed by atoms with Crippen molar-refractivity contribution in [3.63, 3.8) is 0 Å². The van der Waals surface area contributed by atoms with Gasteiger partial charge in [0.25, 0.3) is 0 Å². The van der Waals surface area contributed by atoms with Crippen LogP contribution in [0.4, 0.5) is 0 Å². The van der Waals surface area contributed by atoms with Gasteiger partial charge in [-0.05, 0) is 23.5 Å². The first kappa shape index (κ1) is 18.4. The molecule has 0 fully saturated rings. The minimum atomic E-state index is -0.480. The Kier molecular flexibility index (Phi) is 6.92. The van der Waals surface area contributed by atoms with Gasteiger partial charge in [0.15, 0.2) is 0 Å². The highest BCUT2D eigenvalue weighted by Gasteiger charge is 2.13. The molecule has 1 N–H and O–H groups in total. The lowest BCUT2D eigenvalue weighted by Gasteiger charge is -2.08. The number of esters is 1. The van der Waals surface area contributed by atoms with Gasteiger partial charge in [0.05, 0.1) is 32.6 Å². The van der Waals surface area contributed by atoms with E-state index in [2.05, 4.69) is 11.7 Å². The van der Waals surface area contributed by atoms with Crippen LogP contribution in [0.5, 0.6) is 5.88 Å². The molecule has 0 aromatic carbocycles. The van der Waals surface area contributed by atoms with E-state index in [9.17, 15) is 9.90 Å². The molecule has 6 nitrogen and oxygen atoms in total. The zero-order valence-corrected chi connectivity index (χ0v) is 13.9. The number of ether oxygens (including phenoxy) is 2. The van der Waals surface area contributed by atoms with Crippen LogP contribution in [0.3, 0.4) is 0 Å². The number of rotatable bonds is 7. The zero-order valence-electron chi connectivity index (χ0n) is 13.9. The maximum absolute atomic E-state index is 11.8. The molecule has 0 radical (unpaired) electrons. The fraction of sp³-hybridized carbons (Fsp3) is 0.250. The largest absolute Gasteiger partial charge is 0.503 e. The number of aromatic hydroxyl groups is 1. The van der Waals surface area contributed by atoms with Crippen LogP contribution in [0.1, 0.15) is 6.92 Å². The molecular weight excluding hydrogens is 295 g/mol. The quantitative estimate of drug-likeness (QED) is 0.262. The van der Waals surface area contributed by atoms with Crippen molar-refractivity contribution in [1.29, 1.82) is 0 Å². The molecule has 1 heterocycles. The summed E-state index contributed by atoms with van der Waals surface area (Å²) < 4.78 is 11.3. The highest BCUT2D eigenvalue weighted by Crippen LogP contribution is 2.15. The van der Waals surface area contributed by atoms with Gasteiger partial charge in [0, 0.05) is 6.20 Å². The SMILES string of the molecule is Bc1cn(CC(=C/C=C)/C=C(C)/C(=C\OC)C(=O)OC)nc1O. The minimum absolute atomic E-state index is 0.00168. The molecule has 0 bridgehead atoms. The second-order valence-corrected chi connectivity index (χ2v) is 4.90. The van der Waals surface area contributed by atoms with E-state index in [0.717, 1.165) is 5.57 Å².